The number of anilines is 4. The largest absolute Gasteiger partial charge is 0.497 e. The molecule has 27 heavy (non-hydrogen) atoms. The van der Waals surface area contributed by atoms with Gasteiger partial charge in [-0.05, 0) is 36.4 Å². The fraction of sp³-hybridized carbons (Fsp3) is 0.158. The van der Waals surface area contributed by atoms with Crippen molar-refractivity contribution in [3.05, 3.63) is 66.4 Å². The lowest BCUT2D eigenvalue weighted by Crippen LogP contribution is -2.19. The molecule has 0 bridgehead atoms. The van der Waals surface area contributed by atoms with Gasteiger partial charge in [0, 0.05) is 24.6 Å². The van der Waals surface area contributed by atoms with Gasteiger partial charge in [-0.1, -0.05) is 18.2 Å². The molecule has 1 N–H and O–H groups in total. The van der Waals surface area contributed by atoms with Gasteiger partial charge in [0.05, 0.1) is 7.11 Å². The maximum Gasteiger partial charge on any atom is 0.421 e. The summed E-state index contributed by atoms with van der Waals surface area (Å²) < 4.78 is 45.4. The van der Waals surface area contributed by atoms with E-state index in [-0.39, 0.29) is 11.8 Å². The molecule has 140 valence electrons. The Kier molecular flexibility index (Phi) is 5.16. The minimum absolute atomic E-state index is 0.0611. The average Bonchev–Trinajstić information content (AvgIpc) is 2.68. The second-order valence-electron chi connectivity index (χ2n) is 5.68. The highest BCUT2D eigenvalue weighted by atomic mass is 19.4. The molecule has 0 fully saturated rings. The number of para-hydroxylation sites is 1. The highest BCUT2D eigenvalue weighted by Gasteiger charge is 2.36. The third kappa shape index (κ3) is 4.28. The van der Waals surface area contributed by atoms with Gasteiger partial charge >= 0.3 is 6.18 Å². The molecule has 0 unspecified atom stereocenters. The van der Waals surface area contributed by atoms with Crippen LogP contribution in [-0.2, 0) is 6.18 Å². The van der Waals surface area contributed by atoms with Crippen LogP contribution < -0.4 is 15.0 Å². The molecule has 5 nitrogen and oxygen atoms in total. The normalized spacial score (nSPS) is 11.1. The van der Waals surface area contributed by atoms with E-state index in [1.54, 1.807) is 61.7 Å². The van der Waals surface area contributed by atoms with Crippen molar-refractivity contribution in [1.29, 1.82) is 0 Å². The number of nitrogens with one attached hydrogen (secondary N) is 1. The molecule has 0 atom stereocenters. The van der Waals surface area contributed by atoms with Gasteiger partial charge in [-0.25, -0.2) is 4.98 Å². The first-order chi connectivity index (χ1) is 12.9. The van der Waals surface area contributed by atoms with Gasteiger partial charge in [0.1, 0.15) is 11.3 Å². The maximum absolute atomic E-state index is 13.4. The predicted octanol–water partition coefficient (Wildman–Crippen LogP) is 5.02. The summed E-state index contributed by atoms with van der Waals surface area (Å²) in [6.07, 6.45) is -3.79. The SMILES string of the molecule is COc1ccc(Nc2ncc(C(F)(F)F)c(N(C)c3ccccc3)n2)cc1. The number of ether oxygens (including phenoxy) is 1. The minimum Gasteiger partial charge on any atom is -0.497 e. The fourth-order valence-corrected chi connectivity index (χ4v) is 2.47. The van der Waals surface area contributed by atoms with E-state index in [1.807, 2.05) is 0 Å². The van der Waals surface area contributed by atoms with Crippen LogP contribution in [0.2, 0.25) is 0 Å². The van der Waals surface area contributed by atoms with Gasteiger partial charge in [0.25, 0.3) is 0 Å². The second kappa shape index (κ2) is 7.53. The zero-order chi connectivity index (χ0) is 19.4. The number of benzene rings is 2. The van der Waals surface area contributed by atoms with Crippen molar-refractivity contribution in [3.63, 3.8) is 0 Å². The minimum atomic E-state index is -4.57. The summed E-state index contributed by atoms with van der Waals surface area (Å²) in [7, 11) is 3.08. The Labute approximate surface area is 154 Å². The molecule has 0 aliphatic heterocycles. The van der Waals surface area contributed by atoms with Crippen LogP contribution in [0.1, 0.15) is 5.56 Å². The summed E-state index contributed by atoms with van der Waals surface area (Å²) in [4.78, 5) is 9.30. The van der Waals surface area contributed by atoms with Gasteiger partial charge in [-0.15, -0.1) is 0 Å². The number of nitrogens with zero attached hydrogens (tertiary/aromatic N) is 3. The Morgan fingerprint density at radius 2 is 1.67 bits per heavy atom. The van der Waals surface area contributed by atoms with E-state index in [9.17, 15) is 13.2 Å². The molecule has 0 aliphatic rings. The summed E-state index contributed by atoms with van der Waals surface area (Å²) in [6, 6.07) is 15.6. The van der Waals surface area contributed by atoms with E-state index >= 15 is 0 Å². The van der Waals surface area contributed by atoms with Gasteiger partial charge in [-0.3, -0.25) is 0 Å². The summed E-state index contributed by atoms with van der Waals surface area (Å²) in [6.45, 7) is 0. The summed E-state index contributed by atoms with van der Waals surface area (Å²) in [5.41, 5.74) is 0.301. The number of hydrogen-bond acceptors (Lipinski definition) is 5. The van der Waals surface area contributed by atoms with Crippen molar-refractivity contribution >= 4 is 23.1 Å². The molecule has 2 aromatic carbocycles. The Bertz CT molecular complexity index is 899. The quantitative estimate of drug-likeness (QED) is 0.680. The van der Waals surface area contributed by atoms with E-state index in [2.05, 4.69) is 15.3 Å². The zero-order valence-corrected chi connectivity index (χ0v) is 14.7. The highest BCUT2D eigenvalue weighted by Crippen LogP contribution is 2.37. The van der Waals surface area contributed by atoms with Crippen molar-refractivity contribution in [2.75, 3.05) is 24.4 Å². The molecule has 8 heteroatoms. The van der Waals surface area contributed by atoms with Crippen LogP contribution in [-0.4, -0.2) is 24.1 Å². The number of methoxy groups -OCH3 is 1. The molecule has 1 aromatic heterocycles. The second-order valence-corrected chi connectivity index (χ2v) is 5.68. The van der Waals surface area contributed by atoms with Crippen molar-refractivity contribution in [3.8, 4) is 5.75 Å². The van der Waals surface area contributed by atoms with Crippen molar-refractivity contribution in [1.82, 2.24) is 9.97 Å². The maximum atomic E-state index is 13.4. The van der Waals surface area contributed by atoms with E-state index in [0.717, 1.165) is 6.20 Å². The van der Waals surface area contributed by atoms with Gasteiger partial charge in [0.15, 0.2) is 5.82 Å². The highest BCUT2D eigenvalue weighted by molar-refractivity contribution is 5.65. The molecule has 1 heterocycles. The first-order valence-corrected chi connectivity index (χ1v) is 8.02. The monoisotopic (exact) mass is 374 g/mol. The molecular formula is C19H17F3N4O. The van der Waals surface area contributed by atoms with Gasteiger partial charge in [-0.2, -0.15) is 18.2 Å². The third-order valence-corrected chi connectivity index (χ3v) is 3.88. The summed E-state index contributed by atoms with van der Waals surface area (Å²) in [5.74, 6) is 0.490. The third-order valence-electron chi connectivity index (χ3n) is 3.88. The molecule has 3 aromatic rings. The standard InChI is InChI=1S/C19H17F3N4O/c1-26(14-6-4-3-5-7-14)17-16(19(20,21)22)12-23-18(25-17)24-13-8-10-15(27-2)11-9-13/h3-12H,1-2H3,(H,23,24,25). The van der Waals surface area contributed by atoms with Crippen LogP contribution in [0.25, 0.3) is 0 Å². The number of halogens is 3. The molecule has 3 rings (SSSR count). The van der Waals surface area contributed by atoms with Crippen LogP contribution in [0.3, 0.4) is 0 Å². The molecule has 0 saturated carbocycles. The Hall–Kier alpha value is -3.29. The molecule has 0 saturated heterocycles. The summed E-state index contributed by atoms with van der Waals surface area (Å²) >= 11 is 0. The van der Waals surface area contributed by atoms with Crippen LogP contribution in [0.15, 0.2) is 60.8 Å². The Morgan fingerprint density at radius 3 is 2.26 bits per heavy atom. The smallest absolute Gasteiger partial charge is 0.421 e. The summed E-state index contributed by atoms with van der Waals surface area (Å²) in [5, 5.41) is 2.91. The lowest BCUT2D eigenvalue weighted by Gasteiger charge is -2.22. The number of alkyl halides is 3. The Morgan fingerprint density at radius 1 is 1.00 bits per heavy atom. The van der Waals surface area contributed by atoms with Crippen LogP contribution >= 0.6 is 0 Å². The average molecular weight is 374 g/mol. The predicted molar refractivity (Wildman–Crippen MR) is 97.8 cm³/mol. The van der Waals surface area contributed by atoms with Crippen LogP contribution in [0.5, 0.6) is 5.75 Å². The molecule has 0 amide bonds. The van der Waals surface area contributed by atoms with Crippen LogP contribution in [0, 0.1) is 0 Å². The van der Waals surface area contributed by atoms with Crippen molar-refractivity contribution in [2.24, 2.45) is 0 Å². The number of hydrogen-bond donors (Lipinski definition) is 1. The lowest BCUT2D eigenvalue weighted by molar-refractivity contribution is -0.137. The van der Waals surface area contributed by atoms with E-state index in [0.29, 0.717) is 17.1 Å². The lowest BCUT2D eigenvalue weighted by atomic mass is 10.2. The topological polar surface area (TPSA) is 50.3 Å². The van der Waals surface area contributed by atoms with E-state index in [4.69, 9.17) is 4.74 Å². The van der Waals surface area contributed by atoms with Gasteiger partial charge in [0.2, 0.25) is 5.95 Å². The molecule has 0 radical (unpaired) electrons. The van der Waals surface area contributed by atoms with E-state index in [1.165, 1.54) is 11.9 Å². The molecular weight excluding hydrogens is 357 g/mol. The Balaban J connectivity index is 1.97. The van der Waals surface area contributed by atoms with Crippen molar-refractivity contribution < 1.29 is 17.9 Å². The fourth-order valence-electron chi connectivity index (χ4n) is 2.47. The van der Waals surface area contributed by atoms with Crippen LogP contribution in [0.4, 0.5) is 36.3 Å². The number of aromatic nitrogens is 2. The molecule has 0 spiro atoms. The first kappa shape index (κ1) is 18.5. The van der Waals surface area contributed by atoms with Gasteiger partial charge < -0.3 is 15.0 Å². The number of rotatable bonds is 5. The zero-order valence-electron chi connectivity index (χ0n) is 14.7. The first-order valence-electron chi connectivity index (χ1n) is 8.02. The molecule has 0 aliphatic carbocycles. The van der Waals surface area contributed by atoms with E-state index < -0.39 is 11.7 Å². The van der Waals surface area contributed by atoms with Crippen molar-refractivity contribution in [2.45, 2.75) is 6.18 Å².